The standard InChI is InChI=1S/C20H18ClN3O3S/c1-27-16-7-5-13(6-8-16)9-19(25)22-20-17-11-28(26)12-18(17)23-24(20)15-4-2-3-14(21)10-15/h2-8,10H,9,11-12H2,1H3,(H,22,25). The third-order valence-electron chi connectivity index (χ3n) is 4.50. The lowest BCUT2D eigenvalue weighted by atomic mass is 10.1. The van der Waals surface area contributed by atoms with Crippen LogP contribution in [0.3, 0.4) is 0 Å². The molecular weight excluding hydrogens is 398 g/mol. The highest BCUT2D eigenvalue weighted by molar-refractivity contribution is 7.83. The molecule has 1 aliphatic rings. The van der Waals surface area contributed by atoms with Gasteiger partial charge < -0.3 is 10.1 Å². The van der Waals surface area contributed by atoms with Gasteiger partial charge in [0.15, 0.2) is 0 Å². The number of carbonyl (C=O) groups is 1. The van der Waals surface area contributed by atoms with Gasteiger partial charge in [0.1, 0.15) is 11.6 Å². The van der Waals surface area contributed by atoms with Gasteiger partial charge in [0.2, 0.25) is 5.91 Å². The van der Waals surface area contributed by atoms with Gasteiger partial charge >= 0.3 is 0 Å². The Kier molecular flexibility index (Phi) is 5.19. The number of ether oxygens (including phenoxy) is 1. The van der Waals surface area contributed by atoms with E-state index in [1.165, 1.54) is 0 Å². The number of rotatable bonds is 5. The van der Waals surface area contributed by atoms with Crippen LogP contribution in [0.15, 0.2) is 48.5 Å². The number of hydrogen-bond donors (Lipinski definition) is 1. The Balaban J connectivity index is 1.62. The number of nitrogens with one attached hydrogen (secondary N) is 1. The molecule has 1 aliphatic heterocycles. The van der Waals surface area contributed by atoms with Crippen molar-refractivity contribution < 1.29 is 13.7 Å². The number of fused-ring (bicyclic) bond motifs is 1. The first-order chi connectivity index (χ1) is 13.5. The molecule has 0 saturated heterocycles. The van der Waals surface area contributed by atoms with E-state index in [1.807, 2.05) is 36.4 Å². The Hall–Kier alpha value is -2.64. The van der Waals surface area contributed by atoms with Gasteiger partial charge in [0.25, 0.3) is 0 Å². The zero-order chi connectivity index (χ0) is 19.7. The van der Waals surface area contributed by atoms with Crippen LogP contribution >= 0.6 is 11.6 Å². The molecule has 0 fully saturated rings. The van der Waals surface area contributed by atoms with Gasteiger partial charge in [-0.05, 0) is 35.9 Å². The summed E-state index contributed by atoms with van der Waals surface area (Å²) in [6.45, 7) is 0. The van der Waals surface area contributed by atoms with Crippen LogP contribution in [-0.2, 0) is 33.5 Å². The molecule has 1 N–H and O–H groups in total. The largest absolute Gasteiger partial charge is 0.497 e. The first-order valence-electron chi connectivity index (χ1n) is 8.68. The van der Waals surface area contributed by atoms with Gasteiger partial charge in [-0.15, -0.1) is 0 Å². The minimum atomic E-state index is -0.991. The van der Waals surface area contributed by atoms with Crippen LogP contribution in [0.5, 0.6) is 5.75 Å². The molecule has 2 aromatic carbocycles. The topological polar surface area (TPSA) is 73.2 Å². The van der Waals surface area contributed by atoms with Crippen LogP contribution in [0.1, 0.15) is 16.8 Å². The van der Waals surface area contributed by atoms with E-state index in [4.69, 9.17) is 16.3 Å². The molecule has 0 aliphatic carbocycles. The molecule has 3 aromatic rings. The molecule has 1 aromatic heterocycles. The summed E-state index contributed by atoms with van der Waals surface area (Å²) in [4.78, 5) is 12.7. The minimum Gasteiger partial charge on any atom is -0.497 e. The maximum atomic E-state index is 12.7. The van der Waals surface area contributed by atoms with Crippen molar-refractivity contribution in [3.63, 3.8) is 0 Å². The molecule has 0 saturated carbocycles. The average Bonchev–Trinajstić information content (AvgIpc) is 3.19. The molecule has 1 amide bonds. The van der Waals surface area contributed by atoms with E-state index in [0.29, 0.717) is 22.3 Å². The number of halogens is 1. The number of anilines is 1. The molecule has 1 atom stereocenters. The molecular formula is C20H18ClN3O3S. The lowest BCUT2D eigenvalue weighted by molar-refractivity contribution is -0.115. The SMILES string of the molecule is COc1ccc(CC(=O)Nc2c3c(nn2-c2cccc(Cl)c2)CS(=O)C3)cc1. The average molecular weight is 416 g/mol. The Bertz CT molecular complexity index is 1060. The van der Waals surface area contributed by atoms with E-state index < -0.39 is 10.8 Å². The Morgan fingerprint density at radius 2 is 2.04 bits per heavy atom. The summed E-state index contributed by atoms with van der Waals surface area (Å²) in [6.07, 6.45) is 0.211. The van der Waals surface area contributed by atoms with Gasteiger partial charge in [0.05, 0.1) is 36.4 Å². The fourth-order valence-electron chi connectivity index (χ4n) is 3.16. The molecule has 8 heteroatoms. The lowest BCUT2D eigenvalue weighted by Crippen LogP contribution is -2.18. The monoisotopic (exact) mass is 415 g/mol. The smallest absolute Gasteiger partial charge is 0.229 e. The van der Waals surface area contributed by atoms with Crippen molar-refractivity contribution in [2.75, 3.05) is 12.4 Å². The highest BCUT2D eigenvalue weighted by Gasteiger charge is 2.28. The van der Waals surface area contributed by atoms with Crippen LogP contribution in [0.25, 0.3) is 5.69 Å². The first kappa shape index (κ1) is 18.7. The van der Waals surface area contributed by atoms with E-state index in [9.17, 15) is 9.00 Å². The van der Waals surface area contributed by atoms with Crippen LogP contribution < -0.4 is 10.1 Å². The number of benzene rings is 2. The molecule has 0 bridgehead atoms. The zero-order valence-electron chi connectivity index (χ0n) is 15.1. The second-order valence-electron chi connectivity index (χ2n) is 6.47. The summed E-state index contributed by atoms with van der Waals surface area (Å²) < 4.78 is 18.8. The fraction of sp³-hybridized carbons (Fsp3) is 0.200. The highest BCUT2D eigenvalue weighted by atomic mass is 35.5. The van der Waals surface area contributed by atoms with Gasteiger partial charge in [-0.25, -0.2) is 4.68 Å². The van der Waals surface area contributed by atoms with E-state index in [1.54, 1.807) is 23.9 Å². The zero-order valence-corrected chi connectivity index (χ0v) is 16.7. The molecule has 0 spiro atoms. The van der Waals surface area contributed by atoms with Crippen molar-refractivity contribution in [3.8, 4) is 11.4 Å². The number of hydrogen-bond acceptors (Lipinski definition) is 4. The second kappa shape index (κ2) is 7.77. The van der Waals surface area contributed by atoms with Crippen molar-refractivity contribution >= 4 is 34.1 Å². The summed E-state index contributed by atoms with van der Waals surface area (Å²) in [5.41, 5.74) is 3.18. The third kappa shape index (κ3) is 3.81. The van der Waals surface area contributed by atoms with E-state index in [0.717, 1.165) is 28.3 Å². The fourth-order valence-corrected chi connectivity index (χ4v) is 4.60. The number of aromatic nitrogens is 2. The minimum absolute atomic E-state index is 0.172. The maximum Gasteiger partial charge on any atom is 0.229 e. The van der Waals surface area contributed by atoms with Crippen molar-refractivity contribution in [1.82, 2.24) is 9.78 Å². The molecule has 144 valence electrons. The van der Waals surface area contributed by atoms with Crippen molar-refractivity contribution in [2.24, 2.45) is 0 Å². The Labute approximate surface area is 169 Å². The molecule has 28 heavy (non-hydrogen) atoms. The van der Waals surface area contributed by atoms with Gasteiger partial charge in [-0.3, -0.25) is 9.00 Å². The number of methoxy groups -OCH3 is 1. The Morgan fingerprint density at radius 3 is 2.75 bits per heavy atom. The van der Waals surface area contributed by atoms with Gasteiger partial charge in [-0.1, -0.05) is 29.8 Å². The normalized spacial score (nSPS) is 15.3. The van der Waals surface area contributed by atoms with Gasteiger partial charge in [-0.2, -0.15) is 5.10 Å². The van der Waals surface area contributed by atoms with Crippen LogP contribution in [0.4, 0.5) is 5.82 Å². The summed E-state index contributed by atoms with van der Waals surface area (Å²) >= 11 is 6.12. The molecule has 1 unspecified atom stereocenters. The third-order valence-corrected chi connectivity index (χ3v) is 5.95. The number of nitrogens with zero attached hydrogens (tertiary/aromatic N) is 2. The summed E-state index contributed by atoms with van der Waals surface area (Å²) in [5.74, 6) is 1.90. The predicted octanol–water partition coefficient (Wildman–Crippen LogP) is 3.48. The maximum absolute atomic E-state index is 12.7. The molecule has 0 radical (unpaired) electrons. The molecule has 6 nitrogen and oxygen atoms in total. The van der Waals surface area contributed by atoms with Crippen LogP contribution in [0, 0.1) is 0 Å². The lowest BCUT2D eigenvalue weighted by Gasteiger charge is -2.11. The quantitative estimate of drug-likeness (QED) is 0.692. The van der Waals surface area contributed by atoms with Crippen molar-refractivity contribution in [1.29, 1.82) is 0 Å². The van der Waals surface area contributed by atoms with E-state index >= 15 is 0 Å². The Morgan fingerprint density at radius 1 is 1.25 bits per heavy atom. The van der Waals surface area contributed by atoms with E-state index in [-0.39, 0.29) is 12.3 Å². The van der Waals surface area contributed by atoms with E-state index in [2.05, 4.69) is 10.4 Å². The van der Waals surface area contributed by atoms with Crippen LogP contribution in [-0.4, -0.2) is 27.0 Å². The predicted molar refractivity (Wildman–Crippen MR) is 109 cm³/mol. The second-order valence-corrected chi connectivity index (χ2v) is 8.36. The molecule has 4 rings (SSSR count). The molecule has 2 heterocycles. The summed E-state index contributed by atoms with van der Waals surface area (Å²) in [5, 5.41) is 8.10. The van der Waals surface area contributed by atoms with Crippen LogP contribution in [0.2, 0.25) is 5.02 Å². The van der Waals surface area contributed by atoms with Gasteiger partial charge in [0, 0.05) is 21.4 Å². The highest BCUT2D eigenvalue weighted by Crippen LogP contribution is 2.32. The van der Waals surface area contributed by atoms with Crippen molar-refractivity contribution in [2.45, 2.75) is 17.9 Å². The summed E-state index contributed by atoms with van der Waals surface area (Å²) in [6, 6.07) is 14.6. The number of carbonyl (C=O) groups excluding carboxylic acids is 1. The van der Waals surface area contributed by atoms with Crippen molar-refractivity contribution in [3.05, 3.63) is 70.4 Å². The first-order valence-corrected chi connectivity index (χ1v) is 10.5. The number of amides is 1. The summed E-state index contributed by atoms with van der Waals surface area (Å²) in [7, 11) is 0.609.